The van der Waals surface area contributed by atoms with Crippen molar-refractivity contribution in [2.75, 3.05) is 32.2 Å². The van der Waals surface area contributed by atoms with Gasteiger partial charge in [-0.15, -0.1) is 0 Å². The highest BCUT2D eigenvalue weighted by molar-refractivity contribution is 5.95. The number of aromatic nitrogens is 1. The Morgan fingerprint density at radius 3 is 2.89 bits per heavy atom. The molecule has 4 nitrogen and oxygen atoms in total. The molecule has 4 heteroatoms. The van der Waals surface area contributed by atoms with Crippen molar-refractivity contribution in [3.05, 3.63) is 30.5 Å². The molecule has 0 saturated heterocycles. The van der Waals surface area contributed by atoms with E-state index in [4.69, 9.17) is 9.47 Å². The van der Waals surface area contributed by atoms with Crippen molar-refractivity contribution in [1.29, 1.82) is 0 Å². The van der Waals surface area contributed by atoms with Crippen molar-refractivity contribution < 1.29 is 9.47 Å². The third kappa shape index (κ3) is 2.71. The van der Waals surface area contributed by atoms with Crippen LogP contribution in [-0.4, -0.2) is 31.9 Å². The fraction of sp³-hybridized carbons (Fsp3) is 0.357. The minimum atomic E-state index is 0.679. The van der Waals surface area contributed by atoms with Crippen molar-refractivity contribution in [3.8, 4) is 5.75 Å². The number of methoxy groups -OCH3 is 1. The molecule has 0 aliphatic heterocycles. The zero-order chi connectivity index (χ0) is 12.8. The summed E-state index contributed by atoms with van der Waals surface area (Å²) in [6.07, 6.45) is 1.79. The fourth-order valence-corrected chi connectivity index (χ4v) is 1.88. The molecule has 0 amide bonds. The second-order valence-corrected chi connectivity index (χ2v) is 3.84. The van der Waals surface area contributed by atoms with Gasteiger partial charge in [0.05, 0.1) is 13.7 Å². The van der Waals surface area contributed by atoms with E-state index >= 15 is 0 Å². The summed E-state index contributed by atoms with van der Waals surface area (Å²) in [6.45, 7) is 4.15. The molecule has 2 aromatic rings. The summed E-state index contributed by atoms with van der Waals surface area (Å²) in [5.41, 5.74) is 0. The van der Waals surface area contributed by atoms with Crippen LogP contribution >= 0.6 is 0 Å². The first-order chi connectivity index (χ1) is 8.86. The Kier molecular flexibility index (Phi) is 4.36. The van der Waals surface area contributed by atoms with Gasteiger partial charge in [-0.3, -0.25) is 0 Å². The Hall–Kier alpha value is -1.81. The molecule has 2 rings (SSSR count). The fourth-order valence-electron chi connectivity index (χ4n) is 1.88. The first-order valence-corrected chi connectivity index (χ1v) is 6.10. The van der Waals surface area contributed by atoms with E-state index in [1.807, 2.05) is 31.2 Å². The summed E-state index contributed by atoms with van der Waals surface area (Å²) in [4.78, 5) is 4.36. The summed E-state index contributed by atoms with van der Waals surface area (Å²) < 4.78 is 10.6. The Labute approximate surface area is 107 Å². The number of nitrogens with one attached hydrogen (secondary N) is 1. The van der Waals surface area contributed by atoms with E-state index in [0.29, 0.717) is 6.61 Å². The van der Waals surface area contributed by atoms with Gasteiger partial charge in [0.1, 0.15) is 11.6 Å². The van der Waals surface area contributed by atoms with E-state index in [1.165, 1.54) is 0 Å². The van der Waals surface area contributed by atoms with Crippen molar-refractivity contribution in [2.24, 2.45) is 0 Å². The Morgan fingerprint density at radius 2 is 2.11 bits per heavy atom. The summed E-state index contributed by atoms with van der Waals surface area (Å²) in [7, 11) is 1.68. The van der Waals surface area contributed by atoms with Gasteiger partial charge in [-0.1, -0.05) is 12.1 Å². The van der Waals surface area contributed by atoms with Gasteiger partial charge in [0.25, 0.3) is 0 Å². The molecule has 96 valence electrons. The Morgan fingerprint density at radius 1 is 1.22 bits per heavy atom. The maximum atomic E-state index is 5.35. The lowest BCUT2D eigenvalue weighted by molar-refractivity contribution is 0.158. The lowest BCUT2D eigenvalue weighted by Crippen LogP contribution is -2.10. The van der Waals surface area contributed by atoms with Crippen LogP contribution in [0.15, 0.2) is 30.5 Å². The Bertz CT molecular complexity index is 514. The predicted molar refractivity (Wildman–Crippen MR) is 73.3 cm³/mol. The second kappa shape index (κ2) is 6.21. The first-order valence-electron chi connectivity index (χ1n) is 6.10. The van der Waals surface area contributed by atoms with Crippen molar-refractivity contribution in [2.45, 2.75) is 6.92 Å². The molecule has 0 saturated carbocycles. The van der Waals surface area contributed by atoms with Crippen molar-refractivity contribution >= 4 is 16.6 Å². The third-order valence-electron chi connectivity index (χ3n) is 2.73. The van der Waals surface area contributed by atoms with Crippen LogP contribution in [0, 0.1) is 0 Å². The highest BCUT2D eigenvalue weighted by Gasteiger charge is 2.05. The first kappa shape index (κ1) is 12.6. The number of rotatable bonds is 6. The van der Waals surface area contributed by atoms with Crippen LogP contribution in [0.5, 0.6) is 5.75 Å². The minimum absolute atomic E-state index is 0.679. The van der Waals surface area contributed by atoms with Crippen LogP contribution in [0.2, 0.25) is 0 Å². The molecule has 1 heterocycles. The van der Waals surface area contributed by atoms with E-state index in [0.717, 1.165) is 35.5 Å². The smallest absolute Gasteiger partial charge is 0.134 e. The van der Waals surface area contributed by atoms with E-state index in [1.54, 1.807) is 13.3 Å². The van der Waals surface area contributed by atoms with Gasteiger partial charge in [0, 0.05) is 30.1 Å². The van der Waals surface area contributed by atoms with Gasteiger partial charge in [0.15, 0.2) is 0 Å². The SMILES string of the molecule is CCOCCNc1nccc2c(OC)cccc12. The van der Waals surface area contributed by atoms with Crippen LogP contribution in [0.4, 0.5) is 5.82 Å². The minimum Gasteiger partial charge on any atom is -0.496 e. The molecule has 1 aromatic heterocycles. The van der Waals surface area contributed by atoms with Crippen LogP contribution in [0.3, 0.4) is 0 Å². The average Bonchev–Trinajstić information content (AvgIpc) is 2.43. The largest absolute Gasteiger partial charge is 0.496 e. The number of fused-ring (bicyclic) bond motifs is 1. The molecular weight excluding hydrogens is 228 g/mol. The molecule has 0 unspecified atom stereocenters. The number of hydrogen-bond donors (Lipinski definition) is 1. The zero-order valence-corrected chi connectivity index (χ0v) is 10.8. The summed E-state index contributed by atoms with van der Waals surface area (Å²) >= 11 is 0. The molecule has 0 aliphatic carbocycles. The van der Waals surface area contributed by atoms with Crippen LogP contribution < -0.4 is 10.1 Å². The van der Waals surface area contributed by atoms with E-state index in [-0.39, 0.29) is 0 Å². The number of benzene rings is 1. The standard InChI is InChI=1S/C14H18N2O2/c1-3-18-10-9-16-14-12-5-4-6-13(17-2)11(12)7-8-15-14/h4-8H,3,9-10H2,1-2H3,(H,15,16). The summed E-state index contributed by atoms with van der Waals surface area (Å²) in [5, 5.41) is 5.41. The van der Waals surface area contributed by atoms with Gasteiger partial charge < -0.3 is 14.8 Å². The van der Waals surface area contributed by atoms with Gasteiger partial charge in [0.2, 0.25) is 0 Å². The molecule has 18 heavy (non-hydrogen) atoms. The second-order valence-electron chi connectivity index (χ2n) is 3.84. The molecule has 0 radical (unpaired) electrons. The molecule has 0 fully saturated rings. The monoisotopic (exact) mass is 246 g/mol. The van der Waals surface area contributed by atoms with E-state index in [9.17, 15) is 0 Å². The molecular formula is C14H18N2O2. The lowest BCUT2D eigenvalue weighted by Gasteiger charge is -2.10. The highest BCUT2D eigenvalue weighted by Crippen LogP contribution is 2.28. The van der Waals surface area contributed by atoms with Crippen LogP contribution in [0.1, 0.15) is 6.92 Å². The molecule has 0 aliphatic rings. The number of hydrogen-bond acceptors (Lipinski definition) is 4. The maximum Gasteiger partial charge on any atom is 0.134 e. The van der Waals surface area contributed by atoms with Crippen molar-refractivity contribution in [3.63, 3.8) is 0 Å². The van der Waals surface area contributed by atoms with Crippen LogP contribution in [0.25, 0.3) is 10.8 Å². The van der Waals surface area contributed by atoms with E-state index in [2.05, 4.69) is 10.3 Å². The summed E-state index contributed by atoms with van der Waals surface area (Å²) in [5.74, 6) is 1.73. The number of anilines is 1. The highest BCUT2D eigenvalue weighted by atomic mass is 16.5. The van der Waals surface area contributed by atoms with E-state index < -0.39 is 0 Å². The normalized spacial score (nSPS) is 10.6. The Balaban J connectivity index is 2.23. The van der Waals surface area contributed by atoms with Gasteiger partial charge in [-0.05, 0) is 19.1 Å². The third-order valence-corrected chi connectivity index (χ3v) is 2.73. The maximum absolute atomic E-state index is 5.35. The average molecular weight is 246 g/mol. The zero-order valence-electron chi connectivity index (χ0n) is 10.8. The van der Waals surface area contributed by atoms with Crippen molar-refractivity contribution in [1.82, 2.24) is 4.98 Å². The predicted octanol–water partition coefficient (Wildman–Crippen LogP) is 2.69. The number of ether oxygens (including phenoxy) is 2. The van der Waals surface area contributed by atoms with Gasteiger partial charge >= 0.3 is 0 Å². The van der Waals surface area contributed by atoms with Crippen LogP contribution in [-0.2, 0) is 4.74 Å². The molecule has 0 spiro atoms. The van der Waals surface area contributed by atoms with Gasteiger partial charge in [-0.25, -0.2) is 4.98 Å². The number of nitrogens with zero attached hydrogens (tertiary/aromatic N) is 1. The quantitative estimate of drug-likeness (QED) is 0.796. The molecule has 1 N–H and O–H groups in total. The van der Waals surface area contributed by atoms with Gasteiger partial charge in [-0.2, -0.15) is 0 Å². The lowest BCUT2D eigenvalue weighted by atomic mass is 10.1. The topological polar surface area (TPSA) is 43.4 Å². The molecule has 0 bridgehead atoms. The summed E-state index contributed by atoms with van der Waals surface area (Å²) in [6, 6.07) is 7.92. The molecule has 1 aromatic carbocycles. The number of pyridine rings is 1. The molecule has 0 atom stereocenters.